The Morgan fingerprint density at radius 1 is 1.25 bits per heavy atom. The van der Waals surface area contributed by atoms with Crippen LogP contribution in [0.5, 0.6) is 0 Å². The number of nitrogens with two attached hydrogens (primary N) is 1. The van der Waals surface area contributed by atoms with Crippen molar-refractivity contribution in [2.24, 2.45) is 22.1 Å². The summed E-state index contributed by atoms with van der Waals surface area (Å²) in [5.74, 6) is 0.655. The highest BCUT2D eigenvalue weighted by Gasteiger charge is 2.33. The minimum atomic E-state index is -0.173. The summed E-state index contributed by atoms with van der Waals surface area (Å²) in [6.07, 6.45) is 8.17. The minimum Gasteiger partial charge on any atom is -0.385 e. The van der Waals surface area contributed by atoms with Crippen molar-refractivity contribution in [3.8, 4) is 0 Å². The van der Waals surface area contributed by atoms with Gasteiger partial charge in [-0.1, -0.05) is 37.1 Å². The first-order chi connectivity index (χ1) is 15.5. The monoisotopic (exact) mass is 443 g/mol. The number of hydrogen-bond donors (Lipinski definition) is 3. The molecule has 1 aliphatic heterocycles. The van der Waals surface area contributed by atoms with Crippen LogP contribution in [0.3, 0.4) is 0 Å². The third-order valence-corrected chi connectivity index (χ3v) is 7.12. The van der Waals surface area contributed by atoms with Crippen molar-refractivity contribution in [1.29, 1.82) is 0 Å². The van der Waals surface area contributed by atoms with Crippen molar-refractivity contribution in [3.05, 3.63) is 35.4 Å². The lowest BCUT2D eigenvalue weighted by molar-refractivity contribution is -0.123. The fourth-order valence-corrected chi connectivity index (χ4v) is 5.16. The van der Waals surface area contributed by atoms with Gasteiger partial charge in [0.05, 0.1) is 5.92 Å². The Bertz CT molecular complexity index is 760. The third-order valence-electron chi connectivity index (χ3n) is 7.12. The standard InChI is InChI=1S/C25H41N5O2/c1-27-24(29-19-25(12-14-32-2)10-3-4-11-25)28-16-20-7-5-8-21(15-20)17-30-13-6-9-22(18-30)23(26)31/h5,7-8,15,22H,3-4,6,9-14,16-19H2,1-2H3,(H2,26,31)(H2,27,28,29). The summed E-state index contributed by atoms with van der Waals surface area (Å²) < 4.78 is 5.35. The van der Waals surface area contributed by atoms with Crippen LogP contribution in [0.15, 0.2) is 29.3 Å². The molecule has 1 atom stereocenters. The Kier molecular flexibility index (Phi) is 9.36. The first kappa shape index (κ1) is 24.5. The van der Waals surface area contributed by atoms with Gasteiger partial charge < -0.3 is 21.1 Å². The van der Waals surface area contributed by atoms with Crippen LogP contribution in [0.4, 0.5) is 0 Å². The maximum absolute atomic E-state index is 11.6. The van der Waals surface area contributed by atoms with Gasteiger partial charge in [-0.15, -0.1) is 0 Å². The number of benzene rings is 1. The molecule has 1 heterocycles. The van der Waals surface area contributed by atoms with Gasteiger partial charge in [0.1, 0.15) is 0 Å². The lowest BCUT2D eigenvalue weighted by Gasteiger charge is -2.31. The van der Waals surface area contributed by atoms with Gasteiger partial charge in [-0.05, 0) is 55.2 Å². The average molecular weight is 444 g/mol. The summed E-state index contributed by atoms with van der Waals surface area (Å²) in [7, 11) is 3.61. The summed E-state index contributed by atoms with van der Waals surface area (Å²) in [6.45, 7) is 5.12. The average Bonchev–Trinajstić information content (AvgIpc) is 3.27. The van der Waals surface area contributed by atoms with E-state index in [1.54, 1.807) is 7.11 Å². The van der Waals surface area contributed by atoms with Gasteiger partial charge in [0, 0.05) is 46.9 Å². The van der Waals surface area contributed by atoms with E-state index in [2.05, 4.69) is 44.8 Å². The minimum absolute atomic E-state index is 0.0185. The van der Waals surface area contributed by atoms with Crippen LogP contribution in [0.1, 0.15) is 56.1 Å². The maximum atomic E-state index is 11.6. The van der Waals surface area contributed by atoms with Crippen LogP contribution in [0, 0.1) is 11.3 Å². The van der Waals surface area contributed by atoms with Gasteiger partial charge in [-0.2, -0.15) is 0 Å². The van der Waals surface area contributed by atoms with Crippen LogP contribution in [0.25, 0.3) is 0 Å². The normalized spacial score (nSPS) is 21.4. The van der Waals surface area contributed by atoms with Gasteiger partial charge in [0.25, 0.3) is 0 Å². The quantitative estimate of drug-likeness (QED) is 0.382. The summed E-state index contributed by atoms with van der Waals surface area (Å²) in [5.41, 5.74) is 8.34. The number of carbonyl (C=O) groups excluding carboxylic acids is 1. The first-order valence-electron chi connectivity index (χ1n) is 12.1. The molecule has 1 saturated heterocycles. The van der Waals surface area contributed by atoms with Crippen LogP contribution >= 0.6 is 0 Å². The Labute approximate surface area is 193 Å². The van der Waals surface area contributed by atoms with Crippen molar-refractivity contribution in [3.63, 3.8) is 0 Å². The SMILES string of the molecule is CN=C(NCc1cccc(CN2CCCC(C(N)=O)C2)c1)NCC1(CCOC)CCCC1. The van der Waals surface area contributed by atoms with E-state index in [9.17, 15) is 4.79 Å². The Morgan fingerprint density at radius 3 is 2.75 bits per heavy atom. The molecule has 0 aromatic heterocycles. The predicted octanol–water partition coefficient (Wildman–Crippen LogP) is 2.65. The number of ether oxygens (including phenoxy) is 1. The van der Waals surface area contributed by atoms with Crippen LogP contribution < -0.4 is 16.4 Å². The van der Waals surface area contributed by atoms with E-state index in [4.69, 9.17) is 10.5 Å². The van der Waals surface area contributed by atoms with Crippen LogP contribution in [0.2, 0.25) is 0 Å². The molecule has 2 fully saturated rings. The summed E-state index contributed by atoms with van der Waals surface area (Å²) >= 11 is 0. The number of rotatable bonds is 10. The summed E-state index contributed by atoms with van der Waals surface area (Å²) in [4.78, 5) is 18.3. The van der Waals surface area contributed by atoms with Crippen LogP contribution in [-0.4, -0.2) is 57.2 Å². The Balaban J connectivity index is 1.49. The Hall–Kier alpha value is -2.12. The molecule has 3 rings (SSSR count). The fraction of sp³-hybridized carbons (Fsp3) is 0.680. The molecule has 7 nitrogen and oxygen atoms in total. The molecular weight excluding hydrogens is 402 g/mol. The summed E-state index contributed by atoms with van der Waals surface area (Å²) in [6, 6.07) is 8.65. The molecule has 0 radical (unpaired) electrons. The lowest BCUT2D eigenvalue weighted by atomic mass is 9.83. The number of piperidine rings is 1. The van der Waals surface area contributed by atoms with E-state index in [1.165, 1.54) is 36.8 Å². The molecule has 1 unspecified atom stereocenters. The highest BCUT2D eigenvalue weighted by Crippen LogP contribution is 2.40. The molecule has 178 valence electrons. The number of hydrogen-bond acceptors (Lipinski definition) is 4. The van der Waals surface area contributed by atoms with Gasteiger partial charge in [-0.25, -0.2) is 0 Å². The molecule has 0 bridgehead atoms. The van der Waals surface area contributed by atoms with E-state index in [1.807, 2.05) is 7.05 Å². The largest absolute Gasteiger partial charge is 0.385 e. The summed E-state index contributed by atoms with van der Waals surface area (Å²) in [5, 5.41) is 7.03. The number of methoxy groups -OCH3 is 1. The predicted molar refractivity (Wildman–Crippen MR) is 129 cm³/mol. The number of guanidine groups is 1. The highest BCUT2D eigenvalue weighted by atomic mass is 16.5. The third kappa shape index (κ3) is 7.20. The molecule has 32 heavy (non-hydrogen) atoms. The van der Waals surface area contributed by atoms with Crippen molar-refractivity contribution in [2.75, 3.05) is 40.4 Å². The van der Waals surface area contributed by atoms with E-state index in [0.717, 1.165) is 64.6 Å². The topological polar surface area (TPSA) is 92.0 Å². The first-order valence-corrected chi connectivity index (χ1v) is 12.1. The zero-order valence-corrected chi connectivity index (χ0v) is 19.9. The van der Waals surface area contributed by atoms with Gasteiger partial charge in [-0.3, -0.25) is 14.7 Å². The molecular formula is C25H41N5O2. The lowest BCUT2D eigenvalue weighted by Crippen LogP contribution is -2.43. The smallest absolute Gasteiger partial charge is 0.221 e. The van der Waals surface area contributed by atoms with Crippen molar-refractivity contribution in [1.82, 2.24) is 15.5 Å². The van der Waals surface area contributed by atoms with Crippen molar-refractivity contribution in [2.45, 2.75) is 58.0 Å². The number of amides is 1. The number of likely N-dealkylation sites (tertiary alicyclic amines) is 1. The van der Waals surface area contributed by atoms with E-state index >= 15 is 0 Å². The molecule has 0 spiro atoms. The molecule has 1 saturated carbocycles. The maximum Gasteiger partial charge on any atom is 0.221 e. The number of nitrogens with zero attached hydrogens (tertiary/aromatic N) is 2. The van der Waals surface area contributed by atoms with Gasteiger partial charge in [0.15, 0.2) is 5.96 Å². The molecule has 1 aromatic carbocycles. The second-order valence-corrected chi connectivity index (χ2v) is 9.53. The zero-order chi connectivity index (χ0) is 22.8. The van der Waals surface area contributed by atoms with E-state index in [0.29, 0.717) is 5.41 Å². The zero-order valence-electron chi connectivity index (χ0n) is 19.9. The molecule has 2 aliphatic rings. The molecule has 1 amide bonds. The number of primary amides is 1. The molecule has 1 aliphatic carbocycles. The van der Waals surface area contributed by atoms with E-state index in [-0.39, 0.29) is 11.8 Å². The van der Waals surface area contributed by atoms with Crippen LogP contribution in [-0.2, 0) is 22.6 Å². The van der Waals surface area contributed by atoms with Gasteiger partial charge >= 0.3 is 0 Å². The molecule has 4 N–H and O–H groups in total. The molecule has 1 aromatic rings. The number of carbonyl (C=O) groups is 1. The van der Waals surface area contributed by atoms with E-state index < -0.39 is 0 Å². The van der Waals surface area contributed by atoms with Gasteiger partial charge in [0.2, 0.25) is 5.91 Å². The number of aliphatic imine (C=N–C) groups is 1. The van der Waals surface area contributed by atoms with Crippen molar-refractivity contribution < 1.29 is 9.53 Å². The second-order valence-electron chi connectivity index (χ2n) is 9.53. The Morgan fingerprint density at radius 2 is 2.03 bits per heavy atom. The number of nitrogens with one attached hydrogen (secondary N) is 2. The highest BCUT2D eigenvalue weighted by molar-refractivity contribution is 5.79. The fourth-order valence-electron chi connectivity index (χ4n) is 5.16. The second kappa shape index (κ2) is 12.2. The molecule has 7 heteroatoms. The van der Waals surface area contributed by atoms with Crippen molar-refractivity contribution >= 4 is 11.9 Å².